The number of fused-ring (bicyclic) bond motifs is 1. The van der Waals surface area contributed by atoms with Crippen molar-refractivity contribution in [2.45, 2.75) is 26.2 Å². The monoisotopic (exact) mass is 437 g/mol. The zero-order valence-corrected chi connectivity index (χ0v) is 17.8. The molecule has 0 bridgehead atoms. The number of ether oxygens (including phenoxy) is 1. The maximum Gasteiger partial charge on any atom is 0.314 e. The number of aromatic nitrogens is 2. The lowest BCUT2D eigenvalue weighted by atomic mass is 9.75. The Morgan fingerprint density at radius 1 is 1.16 bits per heavy atom. The summed E-state index contributed by atoms with van der Waals surface area (Å²) in [6.07, 6.45) is 1.48. The number of hydrogen-bond donors (Lipinski definition) is 1. The first-order chi connectivity index (χ1) is 15.4. The van der Waals surface area contributed by atoms with Gasteiger partial charge in [0.2, 0.25) is 0 Å². The van der Waals surface area contributed by atoms with E-state index in [-0.39, 0.29) is 42.1 Å². The highest BCUT2D eigenvalue weighted by molar-refractivity contribution is 6.05. The van der Waals surface area contributed by atoms with E-state index in [9.17, 15) is 18.8 Å². The van der Waals surface area contributed by atoms with E-state index in [4.69, 9.17) is 4.74 Å². The molecule has 1 aromatic heterocycles. The van der Waals surface area contributed by atoms with E-state index >= 15 is 0 Å². The van der Waals surface area contributed by atoms with Crippen molar-refractivity contribution in [2.24, 2.45) is 5.41 Å². The second kappa shape index (κ2) is 8.90. The number of H-pyrrole nitrogens is 1. The van der Waals surface area contributed by atoms with Gasteiger partial charge in [0.25, 0.3) is 11.5 Å². The van der Waals surface area contributed by atoms with Crippen LogP contribution in [0.3, 0.4) is 0 Å². The highest BCUT2D eigenvalue weighted by Crippen LogP contribution is 2.36. The molecule has 3 aromatic rings. The maximum absolute atomic E-state index is 13.4. The minimum Gasteiger partial charge on any atom is -0.466 e. The lowest BCUT2D eigenvalue weighted by molar-refractivity contribution is -0.158. The predicted octanol–water partition coefficient (Wildman–Crippen LogP) is 3.09. The number of likely N-dealkylation sites (tertiary alicyclic amines) is 1. The summed E-state index contributed by atoms with van der Waals surface area (Å²) in [6.45, 7) is 2.57. The van der Waals surface area contributed by atoms with Crippen LogP contribution in [0.25, 0.3) is 10.8 Å². The Hall–Kier alpha value is -3.55. The quantitative estimate of drug-likeness (QED) is 0.620. The van der Waals surface area contributed by atoms with E-state index in [1.807, 2.05) is 0 Å². The molecule has 1 aliphatic heterocycles. The van der Waals surface area contributed by atoms with Gasteiger partial charge < -0.3 is 9.64 Å². The van der Waals surface area contributed by atoms with Crippen LogP contribution in [0.15, 0.2) is 53.3 Å². The van der Waals surface area contributed by atoms with Crippen LogP contribution in [-0.4, -0.2) is 46.7 Å². The predicted molar refractivity (Wildman–Crippen MR) is 117 cm³/mol. The van der Waals surface area contributed by atoms with Crippen molar-refractivity contribution in [3.63, 3.8) is 0 Å². The molecule has 1 saturated heterocycles. The molecular formula is C24H24FN3O4. The molecule has 0 radical (unpaired) electrons. The summed E-state index contributed by atoms with van der Waals surface area (Å²) in [5, 5.41) is 7.25. The average Bonchev–Trinajstić information content (AvgIpc) is 2.81. The molecule has 1 atom stereocenters. The van der Waals surface area contributed by atoms with Gasteiger partial charge >= 0.3 is 5.97 Å². The van der Waals surface area contributed by atoms with Gasteiger partial charge in [0.05, 0.1) is 17.4 Å². The Morgan fingerprint density at radius 3 is 2.59 bits per heavy atom. The average molecular weight is 437 g/mol. The fourth-order valence-electron chi connectivity index (χ4n) is 4.39. The van der Waals surface area contributed by atoms with Crippen LogP contribution >= 0.6 is 0 Å². The third-order valence-corrected chi connectivity index (χ3v) is 5.93. The van der Waals surface area contributed by atoms with E-state index in [1.165, 1.54) is 12.1 Å². The molecule has 4 rings (SSSR count). The molecule has 1 fully saturated rings. The number of amides is 1. The Bertz CT molecular complexity index is 1210. The number of nitrogens with one attached hydrogen (secondary N) is 1. The molecule has 8 heteroatoms. The lowest BCUT2D eigenvalue weighted by Gasteiger charge is -2.41. The standard InChI is InChI=1S/C24H24FN3O4/c1-2-32-23(31)24(14-16-8-10-17(25)11-9-16)12-5-13-28(15-24)22(30)20-18-6-3-4-7-19(18)21(29)27-26-20/h3-4,6-11H,2,5,12-15H2,1H3,(H,27,29)/t24-/m1/s1. The van der Waals surface area contributed by atoms with Crippen molar-refractivity contribution >= 4 is 22.6 Å². The van der Waals surface area contributed by atoms with Gasteiger partial charge in [0.15, 0.2) is 5.69 Å². The Labute approximate surface area is 184 Å². The molecule has 1 N–H and O–H groups in total. The molecule has 1 amide bonds. The maximum atomic E-state index is 13.4. The second-order valence-corrected chi connectivity index (χ2v) is 8.08. The number of rotatable bonds is 5. The molecule has 32 heavy (non-hydrogen) atoms. The Balaban J connectivity index is 1.68. The SMILES string of the molecule is CCOC(=O)[C@@]1(Cc2ccc(F)cc2)CCCN(C(=O)c2n[nH]c(=O)c3ccccc23)C1. The van der Waals surface area contributed by atoms with E-state index < -0.39 is 5.41 Å². The smallest absolute Gasteiger partial charge is 0.314 e. The largest absolute Gasteiger partial charge is 0.466 e. The van der Waals surface area contributed by atoms with Crippen molar-refractivity contribution in [2.75, 3.05) is 19.7 Å². The van der Waals surface area contributed by atoms with Crippen LogP contribution < -0.4 is 5.56 Å². The Morgan fingerprint density at radius 2 is 1.88 bits per heavy atom. The number of benzene rings is 2. The van der Waals surface area contributed by atoms with E-state index in [0.29, 0.717) is 36.6 Å². The van der Waals surface area contributed by atoms with Crippen LogP contribution in [0.1, 0.15) is 35.8 Å². The highest BCUT2D eigenvalue weighted by atomic mass is 19.1. The van der Waals surface area contributed by atoms with Crippen molar-refractivity contribution in [1.29, 1.82) is 0 Å². The van der Waals surface area contributed by atoms with Crippen LogP contribution in [0.4, 0.5) is 4.39 Å². The third-order valence-electron chi connectivity index (χ3n) is 5.93. The number of piperidine rings is 1. The fraction of sp³-hybridized carbons (Fsp3) is 0.333. The van der Waals surface area contributed by atoms with E-state index in [0.717, 1.165) is 5.56 Å². The van der Waals surface area contributed by atoms with Gasteiger partial charge in [-0.15, -0.1) is 0 Å². The van der Waals surface area contributed by atoms with Crippen LogP contribution in [0.5, 0.6) is 0 Å². The number of nitrogens with zero attached hydrogens (tertiary/aromatic N) is 2. The number of halogens is 1. The molecule has 0 unspecified atom stereocenters. The first-order valence-electron chi connectivity index (χ1n) is 10.6. The summed E-state index contributed by atoms with van der Waals surface area (Å²) in [4.78, 5) is 40.2. The normalized spacial score (nSPS) is 18.5. The summed E-state index contributed by atoms with van der Waals surface area (Å²) >= 11 is 0. The molecule has 0 spiro atoms. The van der Waals surface area contributed by atoms with Crippen LogP contribution in [-0.2, 0) is 16.0 Å². The number of aromatic amines is 1. The Kier molecular flexibility index (Phi) is 6.03. The molecule has 166 valence electrons. The van der Waals surface area contributed by atoms with Crippen molar-refractivity contribution in [3.05, 3.63) is 76.0 Å². The van der Waals surface area contributed by atoms with E-state index in [1.54, 1.807) is 48.2 Å². The van der Waals surface area contributed by atoms with Gasteiger partial charge in [-0.25, -0.2) is 9.49 Å². The van der Waals surface area contributed by atoms with Crippen molar-refractivity contribution in [1.82, 2.24) is 15.1 Å². The fourth-order valence-corrected chi connectivity index (χ4v) is 4.39. The number of carbonyl (C=O) groups is 2. The summed E-state index contributed by atoms with van der Waals surface area (Å²) in [5.41, 5.74) is -0.379. The first-order valence-corrected chi connectivity index (χ1v) is 10.6. The molecule has 0 saturated carbocycles. The van der Waals surface area contributed by atoms with Crippen LogP contribution in [0, 0.1) is 11.2 Å². The zero-order valence-electron chi connectivity index (χ0n) is 17.8. The minimum absolute atomic E-state index is 0.140. The molecule has 2 heterocycles. The van der Waals surface area contributed by atoms with Crippen molar-refractivity contribution < 1.29 is 18.7 Å². The lowest BCUT2D eigenvalue weighted by Crippen LogP contribution is -2.52. The van der Waals surface area contributed by atoms with Gasteiger partial charge in [0.1, 0.15) is 5.82 Å². The van der Waals surface area contributed by atoms with Gasteiger partial charge in [-0.2, -0.15) is 5.10 Å². The first kappa shape index (κ1) is 21.7. The zero-order chi connectivity index (χ0) is 22.7. The number of esters is 1. The summed E-state index contributed by atoms with van der Waals surface area (Å²) in [7, 11) is 0. The third kappa shape index (κ3) is 4.12. The van der Waals surface area contributed by atoms with Crippen LogP contribution in [0.2, 0.25) is 0 Å². The highest BCUT2D eigenvalue weighted by Gasteiger charge is 2.45. The summed E-state index contributed by atoms with van der Waals surface area (Å²) in [5.74, 6) is -1.08. The number of carbonyl (C=O) groups excluding carboxylic acids is 2. The summed E-state index contributed by atoms with van der Waals surface area (Å²) < 4.78 is 18.8. The minimum atomic E-state index is -0.945. The molecule has 2 aromatic carbocycles. The van der Waals surface area contributed by atoms with Gasteiger partial charge in [-0.05, 0) is 49.9 Å². The molecular weight excluding hydrogens is 413 g/mol. The topological polar surface area (TPSA) is 92.4 Å². The van der Waals surface area contributed by atoms with Gasteiger partial charge in [0, 0.05) is 18.5 Å². The summed E-state index contributed by atoms with van der Waals surface area (Å²) in [6, 6.07) is 12.8. The van der Waals surface area contributed by atoms with Crippen molar-refractivity contribution in [3.8, 4) is 0 Å². The molecule has 0 aliphatic carbocycles. The number of hydrogen-bond acceptors (Lipinski definition) is 5. The van der Waals surface area contributed by atoms with Gasteiger partial charge in [-0.1, -0.05) is 30.3 Å². The second-order valence-electron chi connectivity index (χ2n) is 8.08. The molecule has 7 nitrogen and oxygen atoms in total. The molecule has 1 aliphatic rings. The van der Waals surface area contributed by atoms with Gasteiger partial charge in [-0.3, -0.25) is 14.4 Å². The van der Waals surface area contributed by atoms with E-state index in [2.05, 4.69) is 10.2 Å².